The maximum absolute atomic E-state index is 12.4. The molecule has 1 aromatic carbocycles. The van der Waals surface area contributed by atoms with E-state index in [9.17, 15) is 9.59 Å². The molecule has 0 saturated heterocycles. The number of amides is 1. The van der Waals surface area contributed by atoms with Crippen LogP contribution in [-0.2, 0) is 20.9 Å². The third-order valence-corrected chi connectivity index (χ3v) is 6.21. The Labute approximate surface area is 170 Å². The van der Waals surface area contributed by atoms with Crippen molar-refractivity contribution >= 4 is 40.2 Å². The Balaban J connectivity index is 1.33. The number of fused-ring (bicyclic) bond motifs is 1. The highest BCUT2D eigenvalue weighted by atomic mass is 32.1. The van der Waals surface area contributed by atoms with Crippen LogP contribution in [0.4, 0.5) is 5.69 Å². The van der Waals surface area contributed by atoms with E-state index in [-0.39, 0.29) is 31.4 Å². The summed E-state index contributed by atoms with van der Waals surface area (Å²) in [6.07, 6.45) is -0.467. The minimum atomic E-state index is -0.573. The van der Waals surface area contributed by atoms with Crippen molar-refractivity contribution in [2.45, 2.75) is 26.1 Å². The summed E-state index contributed by atoms with van der Waals surface area (Å²) in [6, 6.07) is 11.3. The van der Waals surface area contributed by atoms with E-state index in [1.54, 1.807) is 23.2 Å². The van der Waals surface area contributed by atoms with Crippen molar-refractivity contribution in [3.63, 3.8) is 0 Å². The van der Waals surface area contributed by atoms with Crippen molar-refractivity contribution in [2.75, 3.05) is 11.4 Å². The molecule has 28 heavy (non-hydrogen) atoms. The SMILES string of the molecule is CC1Oc2ccccc2N(CCC(=O)OCc2csc(-c3cccs3)n2)C1=O. The van der Waals surface area contributed by atoms with Crippen molar-refractivity contribution in [1.82, 2.24) is 4.98 Å². The molecule has 0 fully saturated rings. The minimum Gasteiger partial charge on any atom is -0.479 e. The van der Waals surface area contributed by atoms with Crippen LogP contribution in [0, 0.1) is 0 Å². The lowest BCUT2D eigenvalue weighted by atomic mass is 10.2. The van der Waals surface area contributed by atoms with Crippen LogP contribution in [0.5, 0.6) is 5.75 Å². The number of hydrogen-bond donors (Lipinski definition) is 0. The lowest BCUT2D eigenvalue weighted by Crippen LogP contribution is -2.45. The highest BCUT2D eigenvalue weighted by Gasteiger charge is 2.31. The minimum absolute atomic E-state index is 0.106. The Hall–Kier alpha value is -2.71. The standard InChI is InChI=1S/C20H18N2O4S2/c1-13-20(24)22(15-5-2-3-6-16(15)26-13)9-8-18(23)25-11-14-12-28-19(21-14)17-7-4-10-27-17/h2-7,10,12-13H,8-9,11H2,1H3. The van der Waals surface area contributed by atoms with Gasteiger partial charge in [-0.25, -0.2) is 4.98 Å². The van der Waals surface area contributed by atoms with Gasteiger partial charge in [0.2, 0.25) is 0 Å². The second-order valence-corrected chi connectivity index (χ2v) is 8.06. The number of carbonyl (C=O) groups excluding carboxylic acids is 2. The third-order valence-electron chi connectivity index (χ3n) is 4.28. The number of carbonyl (C=O) groups is 2. The molecule has 0 aliphatic carbocycles. The largest absolute Gasteiger partial charge is 0.479 e. The second kappa shape index (κ2) is 8.12. The Bertz CT molecular complexity index is 984. The van der Waals surface area contributed by atoms with Crippen molar-refractivity contribution < 1.29 is 19.1 Å². The molecular formula is C20H18N2O4S2. The van der Waals surface area contributed by atoms with Gasteiger partial charge in [-0.2, -0.15) is 0 Å². The fourth-order valence-corrected chi connectivity index (χ4v) is 4.52. The summed E-state index contributed by atoms with van der Waals surface area (Å²) >= 11 is 3.15. The maximum Gasteiger partial charge on any atom is 0.307 e. The summed E-state index contributed by atoms with van der Waals surface area (Å²) in [6.45, 7) is 2.08. The number of nitrogens with zero attached hydrogens (tertiary/aromatic N) is 2. The first-order chi connectivity index (χ1) is 13.6. The van der Waals surface area contributed by atoms with E-state index < -0.39 is 6.10 Å². The van der Waals surface area contributed by atoms with Crippen molar-refractivity contribution in [3.05, 3.63) is 52.9 Å². The van der Waals surface area contributed by atoms with Gasteiger partial charge >= 0.3 is 5.97 Å². The predicted molar refractivity (Wildman–Crippen MR) is 109 cm³/mol. The molecule has 3 heterocycles. The topological polar surface area (TPSA) is 68.7 Å². The van der Waals surface area contributed by atoms with E-state index in [0.29, 0.717) is 11.4 Å². The molecule has 1 aliphatic heterocycles. The molecule has 0 N–H and O–H groups in total. The van der Waals surface area contributed by atoms with Crippen LogP contribution >= 0.6 is 22.7 Å². The van der Waals surface area contributed by atoms with E-state index in [0.717, 1.165) is 15.6 Å². The summed E-state index contributed by atoms with van der Waals surface area (Å²) in [7, 11) is 0. The zero-order valence-corrected chi connectivity index (χ0v) is 16.8. The molecular weight excluding hydrogens is 396 g/mol. The van der Waals surface area contributed by atoms with E-state index >= 15 is 0 Å². The fourth-order valence-electron chi connectivity index (χ4n) is 2.91. The number of ether oxygens (including phenoxy) is 2. The molecule has 0 spiro atoms. The monoisotopic (exact) mass is 414 g/mol. The Morgan fingerprint density at radius 2 is 2.11 bits per heavy atom. The molecule has 8 heteroatoms. The van der Waals surface area contributed by atoms with Gasteiger partial charge in [0, 0.05) is 11.9 Å². The molecule has 1 aliphatic rings. The predicted octanol–water partition coefficient (Wildman–Crippen LogP) is 4.12. The van der Waals surface area contributed by atoms with E-state index in [2.05, 4.69) is 4.98 Å². The number of thiazole rings is 1. The van der Waals surface area contributed by atoms with E-state index in [4.69, 9.17) is 9.47 Å². The smallest absolute Gasteiger partial charge is 0.307 e. The number of thiophene rings is 1. The molecule has 1 atom stereocenters. The quantitative estimate of drug-likeness (QED) is 0.568. The zero-order valence-electron chi connectivity index (χ0n) is 15.2. The molecule has 2 aromatic heterocycles. The first kappa shape index (κ1) is 18.6. The summed E-state index contributed by atoms with van der Waals surface area (Å²) in [5.74, 6) is 0.119. The molecule has 144 valence electrons. The first-order valence-corrected chi connectivity index (χ1v) is 10.6. The van der Waals surface area contributed by atoms with Gasteiger partial charge in [-0.15, -0.1) is 22.7 Å². The number of aromatic nitrogens is 1. The molecule has 1 amide bonds. The Kier molecular flexibility index (Phi) is 5.40. The molecule has 1 unspecified atom stereocenters. The molecule has 3 aromatic rings. The van der Waals surface area contributed by atoms with E-state index in [1.165, 1.54) is 11.3 Å². The number of benzene rings is 1. The van der Waals surface area contributed by atoms with Gasteiger partial charge in [0.25, 0.3) is 5.91 Å². The van der Waals surface area contributed by atoms with Crippen LogP contribution in [-0.4, -0.2) is 29.5 Å². The normalized spacial score (nSPS) is 15.8. The van der Waals surface area contributed by atoms with E-state index in [1.807, 2.05) is 47.2 Å². The average molecular weight is 415 g/mol. The summed E-state index contributed by atoms with van der Waals surface area (Å²) in [4.78, 5) is 31.8. The first-order valence-electron chi connectivity index (χ1n) is 8.83. The highest BCUT2D eigenvalue weighted by Crippen LogP contribution is 2.33. The Morgan fingerprint density at radius 1 is 1.25 bits per heavy atom. The summed E-state index contributed by atoms with van der Waals surface area (Å²) in [5, 5.41) is 4.82. The van der Waals surface area contributed by atoms with Crippen LogP contribution in [0.3, 0.4) is 0 Å². The number of anilines is 1. The Morgan fingerprint density at radius 3 is 2.93 bits per heavy atom. The maximum atomic E-state index is 12.4. The van der Waals surface area contributed by atoms with Crippen molar-refractivity contribution in [1.29, 1.82) is 0 Å². The lowest BCUT2D eigenvalue weighted by Gasteiger charge is -2.32. The zero-order chi connectivity index (χ0) is 19.5. The van der Waals surface area contributed by atoms with Gasteiger partial charge < -0.3 is 14.4 Å². The highest BCUT2D eigenvalue weighted by molar-refractivity contribution is 7.20. The second-order valence-electron chi connectivity index (χ2n) is 6.25. The van der Waals surface area contributed by atoms with Gasteiger partial charge in [0.15, 0.2) is 6.10 Å². The van der Waals surface area contributed by atoms with Gasteiger partial charge in [0.1, 0.15) is 17.4 Å². The summed E-state index contributed by atoms with van der Waals surface area (Å²) in [5.41, 5.74) is 1.40. The molecule has 0 radical (unpaired) electrons. The number of para-hydroxylation sites is 2. The van der Waals surface area contributed by atoms with Crippen LogP contribution in [0.15, 0.2) is 47.2 Å². The van der Waals surface area contributed by atoms with Crippen LogP contribution < -0.4 is 9.64 Å². The van der Waals surface area contributed by atoms with Crippen LogP contribution in [0.1, 0.15) is 19.0 Å². The molecule has 0 bridgehead atoms. The van der Waals surface area contributed by atoms with Crippen molar-refractivity contribution in [2.24, 2.45) is 0 Å². The third kappa shape index (κ3) is 3.93. The average Bonchev–Trinajstić information content (AvgIpc) is 3.38. The van der Waals surface area contributed by atoms with Crippen molar-refractivity contribution in [3.8, 4) is 15.6 Å². The van der Waals surface area contributed by atoms with Crippen LogP contribution in [0.2, 0.25) is 0 Å². The molecule has 0 saturated carbocycles. The molecule has 6 nitrogen and oxygen atoms in total. The molecule has 4 rings (SSSR count). The van der Waals surface area contributed by atoms with Crippen LogP contribution in [0.25, 0.3) is 9.88 Å². The lowest BCUT2D eigenvalue weighted by molar-refractivity contribution is -0.144. The number of hydrogen-bond acceptors (Lipinski definition) is 7. The van der Waals surface area contributed by atoms with Gasteiger partial charge in [-0.1, -0.05) is 18.2 Å². The van der Waals surface area contributed by atoms with Gasteiger partial charge in [0.05, 0.1) is 22.7 Å². The fraction of sp³-hybridized carbons (Fsp3) is 0.250. The van der Waals surface area contributed by atoms with Gasteiger partial charge in [-0.3, -0.25) is 9.59 Å². The number of esters is 1. The van der Waals surface area contributed by atoms with Gasteiger partial charge in [-0.05, 0) is 30.5 Å². The number of rotatable bonds is 6. The summed E-state index contributed by atoms with van der Waals surface area (Å²) < 4.78 is 10.9.